The standard InChI is InChI=1S/C20H28NO/c1-21(2,3)16-10-11-17-22-20(18-12-6-4-7-13-18)19-14-8-5-9-15-19/h4-9,12-15,20H,10-11,16-17H2,1-3H3/q+1. The zero-order chi connectivity index (χ0) is 15.8. The lowest BCUT2D eigenvalue weighted by Gasteiger charge is -2.24. The van der Waals surface area contributed by atoms with Gasteiger partial charge in [0.15, 0.2) is 0 Å². The highest BCUT2D eigenvalue weighted by Gasteiger charge is 2.14. The third kappa shape index (κ3) is 5.63. The van der Waals surface area contributed by atoms with Crippen molar-refractivity contribution in [2.45, 2.75) is 18.9 Å². The van der Waals surface area contributed by atoms with Crippen LogP contribution in [-0.4, -0.2) is 38.8 Å². The molecule has 2 nitrogen and oxygen atoms in total. The maximum atomic E-state index is 6.22. The van der Waals surface area contributed by atoms with Crippen LogP contribution in [0.4, 0.5) is 0 Å². The molecule has 2 heteroatoms. The van der Waals surface area contributed by atoms with Crippen molar-refractivity contribution in [2.24, 2.45) is 0 Å². The van der Waals surface area contributed by atoms with Crippen molar-refractivity contribution in [1.82, 2.24) is 0 Å². The molecule has 2 aromatic carbocycles. The molecule has 0 aliphatic rings. The summed E-state index contributed by atoms with van der Waals surface area (Å²) in [4.78, 5) is 0. The van der Waals surface area contributed by atoms with Crippen LogP contribution < -0.4 is 0 Å². The van der Waals surface area contributed by atoms with Crippen molar-refractivity contribution in [3.63, 3.8) is 0 Å². The van der Waals surface area contributed by atoms with Crippen LogP contribution in [0, 0.1) is 0 Å². The van der Waals surface area contributed by atoms with E-state index in [1.54, 1.807) is 0 Å². The minimum atomic E-state index is 0.0338. The van der Waals surface area contributed by atoms with Gasteiger partial charge in [0.1, 0.15) is 6.10 Å². The van der Waals surface area contributed by atoms with Crippen LogP contribution >= 0.6 is 0 Å². The molecule has 0 unspecified atom stereocenters. The zero-order valence-electron chi connectivity index (χ0n) is 14.0. The summed E-state index contributed by atoms with van der Waals surface area (Å²) in [6.07, 6.45) is 2.33. The van der Waals surface area contributed by atoms with E-state index in [1.807, 2.05) is 12.1 Å². The summed E-state index contributed by atoms with van der Waals surface area (Å²) in [6.45, 7) is 1.99. The van der Waals surface area contributed by atoms with Gasteiger partial charge in [-0.05, 0) is 24.0 Å². The molecule has 0 N–H and O–H groups in total. The molecule has 0 amide bonds. The second-order valence-corrected chi connectivity index (χ2v) is 6.79. The molecule has 0 heterocycles. The molecule has 0 radical (unpaired) electrons. The third-order valence-electron chi connectivity index (χ3n) is 3.71. The first-order valence-corrected chi connectivity index (χ1v) is 8.08. The Morgan fingerprint density at radius 1 is 0.773 bits per heavy atom. The largest absolute Gasteiger partial charge is 0.369 e. The number of hydrogen-bond acceptors (Lipinski definition) is 1. The Balaban J connectivity index is 1.95. The minimum absolute atomic E-state index is 0.0338. The highest BCUT2D eigenvalue weighted by molar-refractivity contribution is 5.29. The van der Waals surface area contributed by atoms with Gasteiger partial charge >= 0.3 is 0 Å². The van der Waals surface area contributed by atoms with Gasteiger partial charge in [-0.3, -0.25) is 0 Å². The molecule has 22 heavy (non-hydrogen) atoms. The van der Waals surface area contributed by atoms with E-state index in [9.17, 15) is 0 Å². The van der Waals surface area contributed by atoms with E-state index in [0.29, 0.717) is 0 Å². The van der Waals surface area contributed by atoms with E-state index in [4.69, 9.17) is 4.74 Å². The first kappa shape index (κ1) is 16.7. The Morgan fingerprint density at radius 3 is 1.73 bits per heavy atom. The number of ether oxygens (including phenoxy) is 1. The van der Waals surface area contributed by atoms with Gasteiger partial charge in [-0.25, -0.2) is 0 Å². The molecule has 0 spiro atoms. The first-order chi connectivity index (χ1) is 10.6. The predicted octanol–water partition coefficient (Wildman–Crippen LogP) is 4.28. The number of nitrogens with zero attached hydrogens (tertiary/aromatic N) is 1. The van der Waals surface area contributed by atoms with Gasteiger partial charge in [0.25, 0.3) is 0 Å². The van der Waals surface area contributed by atoms with E-state index in [1.165, 1.54) is 24.1 Å². The fraction of sp³-hybridized carbons (Fsp3) is 0.400. The lowest BCUT2D eigenvalue weighted by atomic mass is 10.0. The second kappa shape index (κ2) is 8.11. The Bertz CT molecular complexity index is 491. The Kier molecular flexibility index (Phi) is 6.17. The molecule has 2 rings (SSSR count). The molecule has 118 valence electrons. The number of rotatable bonds is 8. The number of unbranched alkanes of at least 4 members (excludes halogenated alkanes) is 1. The van der Waals surface area contributed by atoms with Crippen LogP contribution in [-0.2, 0) is 4.74 Å². The maximum absolute atomic E-state index is 6.22. The molecular weight excluding hydrogens is 270 g/mol. The van der Waals surface area contributed by atoms with Crippen LogP contribution in [0.15, 0.2) is 60.7 Å². The molecule has 0 fully saturated rings. The fourth-order valence-electron chi connectivity index (χ4n) is 2.53. The average Bonchev–Trinajstić information content (AvgIpc) is 2.51. The summed E-state index contributed by atoms with van der Waals surface area (Å²) in [5.74, 6) is 0. The van der Waals surface area contributed by atoms with Crippen LogP contribution in [0.25, 0.3) is 0 Å². The van der Waals surface area contributed by atoms with Gasteiger partial charge in [-0.2, -0.15) is 0 Å². The predicted molar refractivity (Wildman–Crippen MR) is 92.8 cm³/mol. The lowest BCUT2D eigenvalue weighted by Crippen LogP contribution is -2.35. The van der Waals surface area contributed by atoms with Crippen molar-refractivity contribution >= 4 is 0 Å². The lowest BCUT2D eigenvalue weighted by molar-refractivity contribution is -0.870. The van der Waals surface area contributed by atoms with Gasteiger partial charge in [-0.15, -0.1) is 0 Å². The van der Waals surface area contributed by atoms with E-state index in [2.05, 4.69) is 69.7 Å². The third-order valence-corrected chi connectivity index (χ3v) is 3.71. The van der Waals surface area contributed by atoms with Crippen molar-refractivity contribution in [3.05, 3.63) is 71.8 Å². The van der Waals surface area contributed by atoms with E-state index in [0.717, 1.165) is 17.5 Å². The molecule has 0 aliphatic heterocycles. The number of hydrogen-bond donors (Lipinski definition) is 0. The SMILES string of the molecule is C[N+](C)(C)CCCCOC(c1ccccc1)c1ccccc1. The van der Waals surface area contributed by atoms with Crippen molar-refractivity contribution in [1.29, 1.82) is 0 Å². The highest BCUT2D eigenvalue weighted by atomic mass is 16.5. The van der Waals surface area contributed by atoms with E-state index in [-0.39, 0.29) is 6.10 Å². The molecule has 2 aromatic rings. The average molecular weight is 298 g/mol. The van der Waals surface area contributed by atoms with Gasteiger partial charge < -0.3 is 9.22 Å². The monoisotopic (exact) mass is 298 g/mol. The molecule has 0 saturated heterocycles. The summed E-state index contributed by atoms with van der Waals surface area (Å²) in [6, 6.07) is 21.0. The molecule has 0 atom stereocenters. The number of quaternary nitrogens is 1. The molecule has 0 aliphatic carbocycles. The van der Waals surface area contributed by atoms with Crippen LogP contribution in [0.2, 0.25) is 0 Å². The van der Waals surface area contributed by atoms with Crippen molar-refractivity contribution in [2.75, 3.05) is 34.3 Å². The topological polar surface area (TPSA) is 9.23 Å². The zero-order valence-corrected chi connectivity index (χ0v) is 14.0. The Hall–Kier alpha value is -1.64. The summed E-state index contributed by atoms with van der Waals surface area (Å²) < 4.78 is 7.24. The van der Waals surface area contributed by atoms with E-state index >= 15 is 0 Å². The van der Waals surface area contributed by atoms with Crippen molar-refractivity contribution < 1.29 is 9.22 Å². The van der Waals surface area contributed by atoms with Gasteiger partial charge in [0, 0.05) is 6.61 Å². The molecule has 0 saturated carbocycles. The first-order valence-electron chi connectivity index (χ1n) is 8.08. The molecule has 0 bridgehead atoms. The fourth-order valence-corrected chi connectivity index (χ4v) is 2.53. The van der Waals surface area contributed by atoms with Gasteiger partial charge in [0.2, 0.25) is 0 Å². The summed E-state index contributed by atoms with van der Waals surface area (Å²) in [5.41, 5.74) is 2.45. The van der Waals surface area contributed by atoms with Gasteiger partial charge in [-0.1, -0.05) is 60.7 Å². The highest BCUT2D eigenvalue weighted by Crippen LogP contribution is 2.25. The smallest absolute Gasteiger partial charge is 0.108 e. The normalized spacial score (nSPS) is 11.8. The second-order valence-electron chi connectivity index (χ2n) is 6.79. The van der Waals surface area contributed by atoms with Crippen LogP contribution in [0.1, 0.15) is 30.1 Å². The van der Waals surface area contributed by atoms with Crippen molar-refractivity contribution in [3.8, 4) is 0 Å². The summed E-state index contributed by atoms with van der Waals surface area (Å²) >= 11 is 0. The summed E-state index contributed by atoms with van der Waals surface area (Å²) in [7, 11) is 6.70. The molecule has 0 aromatic heterocycles. The van der Waals surface area contributed by atoms with Crippen LogP contribution in [0.5, 0.6) is 0 Å². The van der Waals surface area contributed by atoms with Gasteiger partial charge in [0.05, 0.1) is 27.7 Å². The quantitative estimate of drug-likeness (QED) is 0.522. The Morgan fingerprint density at radius 2 is 1.27 bits per heavy atom. The van der Waals surface area contributed by atoms with Crippen LogP contribution in [0.3, 0.4) is 0 Å². The molecular formula is C20H28NO+. The number of benzene rings is 2. The summed E-state index contributed by atoms with van der Waals surface area (Å²) in [5, 5.41) is 0. The van der Waals surface area contributed by atoms with E-state index < -0.39 is 0 Å². The maximum Gasteiger partial charge on any atom is 0.108 e. The minimum Gasteiger partial charge on any atom is -0.369 e. The Labute approximate surface area is 134 Å².